The maximum absolute atomic E-state index is 5.59. The van der Waals surface area contributed by atoms with Crippen LogP contribution in [0.1, 0.15) is 20.8 Å². The fourth-order valence-electron chi connectivity index (χ4n) is 1.91. The lowest BCUT2D eigenvalue weighted by Gasteiger charge is -2.36. The highest BCUT2D eigenvalue weighted by atomic mass is 16.5. The lowest BCUT2D eigenvalue weighted by molar-refractivity contribution is 0.0336. The third-order valence-electron chi connectivity index (χ3n) is 2.87. The summed E-state index contributed by atoms with van der Waals surface area (Å²) in [5, 5.41) is 0. The molecule has 0 saturated carbocycles. The maximum atomic E-state index is 5.59. The quantitative estimate of drug-likeness (QED) is 0.589. The lowest BCUT2D eigenvalue weighted by atomic mass is 10.2. The third kappa shape index (κ3) is 3.21. The molecule has 2 heterocycles. The molecular weight excluding hydrogens is 248 g/mol. The summed E-state index contributed by atoms with van der Waals surface area (Å²) in [7, 11) is 0. The van der Waals surface area contributed by atoms with Crippen molar-refractivity contribution in [3.8, 4) is 6.01 Å². The van der Waals surface area contributed by atoms with Crippen molar-refractivity contribution in [2.45, 2.75) is 32.9 Å². The summed E-state index contributed by atoms with van der Waals surface area (Å²) < 4.78 is 10.9. The Morgan fingerprint density at radius 3 is 2.89 bits per heavy atom. The third-order valence-corrected chi connectivity index (χ3v) is 2.87. The lowest BCUT2D eigenvalue weighted by Crippen LogP contribution is -2.48. The Kier molecular flexibility index (Phi) is 4.33. The van der Waals surface area contributed by atoms with Crippen LogP contribution in [0.3, 0.4) is 0 Å². The van der Waals surface area contributed by atoms with Crippen LogP contribution in [0.2, 0.25) is 0 Å². The van der Waals surface area contributed by atoms with Crippen LogP contribution in [-0.2, 0) is 4.74 Å². The molecule has 2 rings (SSSR count). The number of nitrogens with one attached hydrogen (secondary N) is 1. The number of hydrogen-bond donors (Lipinski definition) is 2. The van der Waals surface area contributed by atoms with Crippen molar-refractivity contribution in [2.75, 3.05) is 30.1 Å². The number of morpholine rings is 1. The molecule has 0 aliphatic carbocycles. The second-order valence-corrected chi connectivity index (χ2v) is 4.46. The molecule has 0 aromatic carbocycles. The minimum atomic E-state index is 0.137. The Morgan fingerprint density at radius 2 is 2.21 bits per heavy atom. The molecule has 8 heteroatoms. The number of anilines is 2. The van der Waals surface area contributed by atoms with E-state index >= 15 is 0 Å². The van der Waals surface area contributed by atoms with Gasteiger partial charge >= 0.3 is 6.01 Å². The van der Waals surface area contributed by atoms with E-state index in [2.05, 4.69) is 32.2 Å². The average Bonchev–Trinajstić information content (AvgIpc) is 2.41. The van der Waals surface area contributed by atoms with Gasteiger partial charge in [0.25, 0.3) is 0 Å². The highest BCUT2D eigenvalue weighted by Crippen LogP contribution is 2.20. The molecule has 0 spiro atoms. The fourth-order valence-corrected chi connectivity index (χ4v) is 1.91. The molecule has 3 N–H and O–H groups in total. The van der Waals surface area contributed by atoms with E-state index in [1.165, 1.54) is 0 Å². The Labute approximate surface area is 112 Å². The minimum Gasteiger partial charge on any atom is -0.464 e. The van der Waals surface area contributed by atoms with E-state index in [1.807, 2.05) is 13.8 Å². The van der Waals surface area contributed by atoms with Gasteiger partial charge in [0.05, 0.1) is 25.4 Å². The Balaban J connectivity index is 2.28. The summed E-state index contributed by atoms with van der Waals surface area (Å²) in [5.74, 6) is 6.22. The number of aromatic nitrogens is 3. The monoisotopic (exact) mass is 268 g/mol. The van der Waals surface area contributed by atoms with Crippen LogP contribution in [0.25, 0.3) is 0 Å². The van der Waals surface area contributed by atoms with Gasteiger partial charge in [-0.15, -0.1) is 0 Å². The zero-order chi connectivity index (χ0) is 13.8. The number of hydrazine groups is 1. The molecular formula is C11H20N6O2. The summed E-state index contributed by atoms with van der Waals surface area (Å²) in [6, 6.07) is 0.463. The van der Waals surface area contributed by atoms with Crippen molar-refractivity contribution in [2.24, 2.45) is 5.84 Å². The number of rotatable bonds is 4. The topological polar surface area (TPSA) is 98.4 Å². The van der Waals surface area contributed by atoms with Crippen LogP contribution < -0.4 is 20.9 Å². The van der Waals surface area contributed by atoms with Gasteiger partial charge in [-0.3, -0.25) is 5.43 Å². The Morgan fingerprint density at radius 1 is 1.42 bits per heavy atom. The summed E-state index contributed by atoms with van der Waals surface area (Å²) in [5.41, 5.74) is 2.43. The molecule has 1 aromatic heterocycles. The van der Waals surface area contributed by atoms with Gasteiger partial charge in [0.2, 0.25) is 11.9 Å². The SMILES string of the molecule is CCOc1nc(NN)nc(N2CC(C)OCC2C)n1. The molecule has 2 unspecified atom stereocenters. The van der Waals surface area contributed by atoms with Gasteiger partial charge < -0.3 is 14.4 Å². The highest BCUT2D eigenvalue weighted by Gasteiger charge is 2.26. The minimum absolute atomic E-state index is 0.137. The first-order valence-electron chi connectivity index (χ1n) is 6.37. The number of nitrogens with two attached hydrogens (primary N) is 1. The van der Waals surface area contributed by atoms with Crippen molar-refractivity contribution in [3.05, 3.63) is 0 Å². The van der Waals surface area contributed by atoms with Crippen LogP contribution in [0.5, 0.6) is 6.01 Å². The zero-order valence-electron chi connectivity index (χ0n) is 11.5. The first-order valence-corrected chi connectivity index (χ1v) is 6.37. The Bertz CT molecular complexity index is 430. The first kappa shape index (κ1) is 13.8. The van der Waals surface area contributed by atoms with Crippen molar-refractivity contribution in [3.63, 3.8) is 0 Å². The van der Waals surface area contributed by atoms with Gasteiger partial charge in [-0.05, 0) is 20.8 Å². The van der Waals surface area contributed by atoms with Crippen LogP contribution in [0.15, 0.2) is 0 Å². The standard InChI is InChI=1S/C11H20N6O2/c1-4-18-11-14-9(16-12)13-10(15-11)17-5-8(3)19-6-7(17)2/h7-8H,4-6,12H2,1-3H3,(H,13,14,15,16). The van der Waals surface area contributed by atoms with E-state index in [0.717, 1.165) is 6.54 Å². The van der Waals surface area contributed by atoms with Gasteiger partial charge in [-0.2, -0.15) is 15.0 Å². The highest BCUT2D eigenvalue weighted by molar-refractivity contribution is 5.39. The molecule has 0 amide bonds. The molecule has 106 valence electrons. The van der Waals surface area contributed by atoms with Gasteiger partial charge in [-0.25, -0.2) is 5.84 Å². The van der Waals surface area contributed by atoms with Crippen molar-refractivity contribution in [1.82, 2.24) is 15.0 Å². The predicted molar refractivity (Wildman–Crippen MR) is 71.0 cm³/mol. The van der Waals surface area contributed by atoms with Gasteiger partial charge in [-0.1, -0.05) is 0 Å². The van der Waals surface area contributed by atoms with Gasteiger partial charge in [0.15, 0.2) is 0 Å². The molecule has 2 atom stereocenters. The largest absolute Gasteiger partial charge is 0.464 e. The van der Waals surface area contributed by atoms with Crippen LogP contribution >= 0.6 is 0 Å². The van der Waals surface area contributed by atoms with E-state index < -0.39 is 0 Å². The zero-order valence-corrected chi connectivity index (χ0v) is 11.5. The van der Waals surface area contributed by atoms with Crippen LogP contribution in [0, 0.1) is 0 Å². The van der Waals surface area contributed by atoms with E-state index in [1.54, 1.807) is 0 Å². The van der Waals surface area contributed by atoms with Gasteiger partial charge in [0.1, 0.15) is 0 Å². The second-order valence-electron chi connectivity index (χ2n) is 4.46. The summed E-state index contributed by atoms with van der Waals surface area (Å²) in [4.78, 5) is 14.7. The van der Waals surface area contributed by atoms with Gasteiger partial charge in [0, 0.05) is 6.54 Å². The van der Waals surface area contributed by atoms with E-state index in [9.17, 15) is 0 Å². The molecule has 1 aromatic rings. The number of nitrogen functional groups attached to an aromatic ring is 1. The Hall–Kier alpha value is -1.67. The van der Waals surface area contributed by atoms with Crippen molar-refractivity contribution < 1.29 is 9.47 Å². The van der Waals surface area contributed by atoms with E-state index in [4.69, 9.17) is 15.3 Å². The van der Waals surface area contributed by atoms with E-state index in [0.29, 0.717) is 25.1 Å². The summed E-state index contributed by atoms with van der Waals surface area (Å²) in [6.07, 6.45) is 0.137. The predicted octanol–water partition coefficient (Wildman–Crippen LogP) is 0.169. The van der Waals surface area contributed by atoms with Crippen molar-refractivity contribution >= 4 is 11.9 Å². The molecule has 1 aliphatic heterocycles. The summed E-state index contributed by atoms with van der Waals surface area (Å²) >= 11 is 0. The van der Waals surface area contributed by atoms with Crippen LogP contribution in [-0.4, -0.2) is 46.9 Å². The second kappa shape index (κ2) is 5.98. The molecule has 0 radical (unpaired) electrons. The normalized spacial score (nSPS) is 23.3. The number of hydrogen-bond acceptors (Lipinski definition) is 8. The molecule has 8 nitrogen and oxygen atoms in total. The van der Waals surface area contributed by atoms with Crippen LogP contribution in [0.4, 0.5) is 11.9 Å². The maximum Gasteiger partial charge on any atom is 0.323 e. The molecule has 1 fully saturated rings. The average molecular weight is 268 g/mol. The molecule has 1 saturated heterocycles. The smallest absolute Gasteiger partial charge is 0.323 e. The summed E-state index contributed by atoms with van der Waals surface area (Å²) in [6.45, 7) is 7.81. The van der Waals surface area contributed by atoms with E-state index in [-0.39, 0.29) is 18.2 Å². The number of nitrogens with zero attached hydrogens (tertiary/aromatic N) is 4. The molecule has 0 bridgehead atoms. The number of ether oxygens (including phenoxy) is 2. The van der Waals surface area contributed by atoms with Crippen molar-refractivity contribution in [1.29, 1.82) is 0 Å². The molecule has 19 heavy (non-hydrogen) atoms. The fraction of sp³-hybridized carbons (Fsp3) is 0.727. The first-order chi connectivity index (χ1) is 9.13. The molecule has 1 aliphatic rings.